The monoisotopic (exact) mass is 137 g/mol. The molecule has 0 unspecified atom stereocenters. The molecule has 0 rings (SSSR count). The second kappa shape index (κ2) is 2.40. The van der Waals surface area contributed by atoms with Crippen molar-refractivity contribution in [1.29, 1.82) is 5.41 Å². The first kappa shape index (κ1) is 7.82. The van der Waals surface area contributed by atoms with Crippen LogP contribution >= 0.6 is 7.60 Å². The number of hydrogen-bond acceptors (Lipinski definition) is 2. The summed E-state index contributed by atoms with van der Waals surface area (Å²) in [4.78, 5) is 16.3. The second-order valence-electron chi connectivity index (χ2n) is 1.60. The Morgan fingerprint density at radius 3 is 2.12 bits per heavy atom. The summed E-state index contributed by atoms with van der Waals surface area (Å²) < 4.78 is 10.00. The van der Waals surface area contributed by atoms with Crippen molar-refractivity contribution < 1.29 is 14.4 Å². The molecule has 0 aliphatic heterocycles. The molecule has 4 nitrogen and oxygen atoms in total. The topological polar surface area (TPSA) is 81.4 Å². The molecular weight excluding hydrogens is 129 g/mol. The lowest BCUT2D eigenvalue weighted by Crippen LogP contribution is -1.97. The van der Waals surface area contributed by atoms with Gasteiger partial charge >= 0.3 is 7.60 Å². The standard InChI is InChI=1S/C3H8NO3P/c1-3(4)2-8(5,6)7/h4H,2H2,1H3,(H2,5,6,7). The molecule has 0 radical (unpaired) electrons. The SMILES string of the molecule is CC(=N)CP(=O)(O)O. The molecule has 3 N–H and O–H groups in total. The summed E-state index contributed by atoms with van der Waals surface area (Å²) in [5.41, 5.74) is 0.0123. The van der Waals surface area contributed by atoms with Gasteiger partial charge in [0.1, 0.15) is 0 Å². The molecule has 5 heteroatoms. The van der Waals surface area contributed by atoms with E-state index in [1.54, 1.807) is 0 Å². The van der Waals surface area contributed by atoms with Crippen LogP contribution in [-0.2, 0) is 4.57 Å². The second-order valence-corrected chi connectivity index (χ2v) is 3.25. The Bertz CT molecular complexity index is 137. The third-order valence-corrected chi connectivity index (χ3v) is 1.33. The number of nitrogens with one attached hydrogen (secondary N) is 1. The van der Waals surface area contributed by atoms with Gasteiger partial charge < -0.3 is 15.2 Å². The van der Waals surface area contributed by atoms with E-state index in [2.05, 4.69) is 0 Å². The minimum absolute atomic E-state index is 0.0123. The maximum Gasteiger partial charge on any atom is 0.331 e. The molecule has 0 aromatic rings. The van der Waals surface area contributed by atoms with Gasteiger partial charge in [0.2, 0.25) is 0 Å². The fraction of sp³-hybridized carbons (Fsp3) is 0.667. The van der Waals surface area contributed by atoms with Crippen molar-refractivity contribution in [3.05, 3.63) is 0 Å². The van der Waals surface area contributed by atoms with Crippen molar-refractivity contribution in [2.24, 2.45) is 0 Å². The molecule has 0 heterocycles. The van der Waals surface area contributed by atoms with Crippen molar-refractivity contribution in [3.8, 4) is 0 Å². The highest BCUT2D eigenvalue weighted by atomic mass is 31.2. The predicted octanol–water partition coefficient (Wildman–Crippen LogP) is 0.204. The first-order valence-corrected chi connectivity index (χ1v) is 3.80. The predicted molar refractivity (Wildman–Crippen MR) is 30.3 cm³/mol. The molecule has 0 spiro atoms. The van der Waals surface area contributed by atoms with E-state index in [0.29, 0.717) is 0 Å². The summed E-state index contributed by atoms with van der Waals surface area (Å²) in [6, 6.07) is 0. The Morgan fingerprint density at radius 2 is 2.12 bits per heavy atom. The first-order valence-electron chi connectivity index (χ1n) is 2.00. The minimum atomic E-state index is -3.95. The van der Waals surface area contributed by atoms with Crippen LogP contribution in [0.4, 0.5) is 0 Å². The summed E-state index contributed by atoms with van der Waals surface area (Å²) in [6.45, 7) is 1.36. The summed E-state index contributed by atoms with van der Waals surface area (Å²) in [5.74, 6) is 0. The number of rotatable bonds is 2. The van der Waals surface area contributed by atoms with Crippen molar-refractivity contribution in [2.45, 2.75) is 6.92 Å². The molecule has 0 fully saturated rings. The van der Waals surface area contributed by atoms with Gasteiger partial charge in [-0.25, -0.2) is 0 Å². The van der Waals surface area contributed by atoms with Crippen molar-refractivity contribution in [1.82, 2.24) is 0 Å². The Balaban J connectivity index is 3.74. The van der Waals surface area contributed by atoms with Crippen molar-refractivity contribution in [2.75, 3.05) is 6.16 Å². The lowest BCUT2D eigenvalue weighted by Gasteiger charge is -1.98. The van der Waals surface area contributed by atoms with Gasteiger partial charge in [-0.05, 0) is 6.92 Å². The summed E-state index contributed by atoms with van der Waals surface area (Å²) in [5, 5.41) is 6.66. The highest BCUT2D eigenvalue weighted by Gasteiger charge is 2.12. The zero-order chi connectivity index (χ0) is 6.78. The van der Waals surface area contributed by atoms with Gasteiger partial charge in [-0.1, -0.05) is 0 Å². The van der Waals surface area contributed by atoms with E-state index >= 15 is 0 Å². The zero-order valence-corrected chi connectivity index (χ0v) is 5.35. The Kier molecular flexibility index (Phi) is 2.34. The molecule has 0 amide bonds. The van der Waals surface area contributed by atoms with Crippen LogP contribution in [0, 0.1) is 5.41 Å². The van der Waals surface area contributed by atoms with E-state index in [-0.39, 0.29) is 5.71 Å². The molecule has 0 atom stereocenters. The molecule has 0 aliphatic rings. The van der Waals surface area contributed by atoms with Crippen LogP contribution in [-0.4, -0.2) is 21.7 Å². The Hall–Kier alpha value is -0.180. The van der Waals surface area contributed by atoms with Crippen LogP contribution in [0.1, 0.15) is 6.92 Å². The first-order chi connectivity index (χ1) is 3.42. The summed E-state index contributed by atoms with van der Waals surface area (Å²) in [6.07, 6.45) is -0.424. The molecule has 0 aromatic carbocycles. The lowest BCUT2D eigenvalue weighted by atomic mass is 10.5. The van der Waals surface area contributed by atoms with Crippen LogP contribution in [0.2, 0.25) is 0 Å². The average Bonchev–Trinajstić information content (AvgIpc) is 1.21. The average molecular weight is 137 g/mol. The molecule has 48 valence electrons. The third-order valence-electron chi connectivity index (χ3n) is 0.443. The van der Waals surface area contributed by atoms with Crippen molar-refractivity contribution in [3.63, 3.8) is 0 Å². The molecule has 0 aromatic heterocycles. The van der Waals surface area contributed by atoms with E-state index in [1.807, 2.05) is 0 Å². The van der Waals surface area contributed by atoms with Crippen LogP contribution in [0.15, 0.2) is 0 Å². The number of hydrogen-bond donors (Lipinski definition) is 3. The molecule has 0 saturated carbocycles. The lowest BCUT2D eigenvalue weighted by molar-refractivity contribution is 0.378. The quantitative estimate of drug-likeness (QED) is 0.375. The zero-order valence-electron chi connectivity index (χ0n) is 4.46. The van der Waals surface area contributed by atoms with E-state index in [9.17, 15) is 4.57 Å². The van der Waals surface area contributed by atoms with Crippen LogP contribution in [0.3, 0.4) is 0 Å². The van der Waals surface area contributed by atoms with E-state index in [1.165, 1.54) is 6.92 Å². The molecule has 0 aliphatic carbocycles. The third kappa shape index (κ3) is 5.82. The minimum Gasteiger partial charge on any atom is -0.324 e. The summed E-state index contributed by atoms with van der Waals surface area (Å²) in [7, 11) is -3.95. The van der Waals surface area contributed by atoms with Crippen LogP contribution in [0.25, 0.3) is 0 Å². The highest BCUT2D eigenvalue weighted by molar-refractivity contribution is 7.52. The van der Waals surface area contributed by atoms with Crippen LogP contribution < -0.4 is 0 Å². The van der Waals surface area contributed by atoms with Crippen molar-refractivity contribution >= 4 is 13.3 Å². The van der Waals surface area contributed by atoms with E-state index in [0.717, 1.165) is 0 Å². The van der Waals surface area contributed by atoms with Crippen LogP contribution in [0.5, 0.6) is 0 Å². The molecule has 0 saturated heterocycles. The highest BCUT2D eigenvalue weighted by Crippen LogP contribution is 2.33. The Labute approximate surface area is 47.2 Å². The van der Waals surface area contributed by atoms with E-state index in [4.69, 9.17) is 15.2 Å². The fourth-order valence-electron chi connectivity index (χ4n) is 0.309. The molecule has 8 heavy (non-hydrogen) atoms. The largest absolute Gasteiger partial charge is 0.331 e. The van der Waals surface area contributed by atoms with Gasteiger partial charge in [-0.2, -0.15) is 0 Å². The molecule has 0 bridgehead atoms. The normalized spacial score (nSPS) is 11.4. The fourth-order valence-corrected chi connectivity index (χ4v) is 0.927. The van der Waals surface area contributed by atoms with Gasteiger partial charge in [0.05, 0.1) is 6.16 Å². The van der Waals surface area contributed by atoms with Gasteiger partial charge in [0, 0.05) is 5.71 Å². The van der Waals surface area contributed by atoms with Gasteiger partial charge in [0.15, 0.2) is 0 Å². The van der Waals surface area contributed by atoms with E-state index < -0.39 is 13.8 Å². The summed E-state index contributed by atoms with van der Waals surface area (Å²) >= 11 is 0. The molecular formula is C3H8NO3P. The van der Waals surface area contributed by atoms with Gasteiger partial charge in [-0.3, -0.25) is 4.57 Å². The smallest absolute Gasteiger partial charge is 0.324 e. The van der Waals surface area contributed by atoms with Gasteiger partial charge in [0.25, 0.3) is 0 Å². The maximum atomic E-state index is 10.00. The Morgan fingerprint density at radius 1 is 1.75 bits per heavy atom. The maximum absolute atomic E-state index is 10.00. The van der Waals surface area contributed by atoms with Gasteiger partial charge in [-0.15, -0.1) is 0 Å².